The molecular formula is C12H16F6O. The first kappa shape index (κ1) is 14.9. The molecule has 0 aromatic carbocycles. The molecular weight excluding hydrogens is 274 g/mol. The molecule has 0 spiro atoms. The topological polar surface area (TPSA) is 20.2 Å². The van der Waals surface area contributed by atoms with Crippen molar-refractivity contribution in [3.63, 3.8) is 0 Å². The van der Waals surface area contributed by atoms with E-state index in [1.165, 1.54) is 0 Å². The summed E-state index contributed by atoms with van der Waals surface area (Å²) < 4.78 is 75.8. The minimum atomic E-state index is -5.68. The van der Waals surface area contributed by atoms with Gasteiger partial charge in [-0.05, 0) is 43.4 Å². The van der Waals surface area contributed by atoms with Crippen molar-refractivity contribution in [3.05, 3.63) is 0 Å². The van der Waals surface area contributed by atoms with Crippen molar-refractivity contribution in [2.24, 2.45) is 17.8 Å². The number of alkyl halides is 6. The van der Waals surface area contributed by atoms with Crippen molar-refractivity contribution in [3.8, 4) is 0 Å². The Hall–Kier alpha value is -0.460. The summed E-state index contributed by atoms with van der Waals surface area (Å²) in [4.78, 5) is 0. The minimum Gasteiger partial charge on any atom is -0.374 e. The van der Waals surface area contributed by atoms with Gasteiger partial charge in [-0.3, -0.25) is 0 Å². The number of aliphatic hydroxyl groups is 1. The molecule has 1 nitrogen and oxygen atoms in total. The molecule has 2 bridgehead atoms. The zero-order valence-electron chi connectivity index (χ0n) is 10.2. The number of rotatable bonds is 2. The Kier molecular flexibility index (Phi) is 3.56. The Balaban J connectivity index is 2.18. The molecule has 1 unspecified atom stereocenters. The molecule has 0 radical (unpaired) electrons. The summed E-state index contributed by atoms with van der Waals surface area (Å²) >= 11 is 0. The fraction of sp³-hybridized carbons (Fsp3) is 1.00. The van der Waals surface area contributed by atoms with Gasteiger partial charge in [-0.25, -0.2) is 0 Å². The van der Waals surface area contributed by atoms with Crippen LogP contribution in [-0.2, 0) is 0 Å². The quantitative estimate of drug-likeness (QED) is 0.760. The third kappa shape index (κ3) is 2.58. The average Bonchev–Trinajstić information content (AvgIpc) is 2.27. The summed E-state index contributed by atoms with van der Waals surface area (Å²) in [5, 5.41) is 9.21. The van der Waals surface area contributed by atoms with Crippen LogP contribution in [0.25, 0.3) is 0 Å². The largest absolute Gasteiger partial charge is 0.426 e. The Bertz CT molecular complexity index is 312. The lowest BCUT2D eigenvalue weighted by Gasteiger charge is -2.45. The van der Waals surface area contributed by atoms with Gasteiger partial charge in [0, 0.05) is 0 Å². The predicted octanol–water partition coefficient (Wildman–Crippen LogP) is 4.06. The molecule has 1 N–H and O–H groups in total. The second-order valence-corrected chi connectivity index (χ2v) is 5.84. The van der Waals surface area contributed by atoms with Crippen LogP contribution in [-0.4, -0.2) is 23.1 Å². The highest BCUT2D eigenvalue weighted by Gasteiger charge is 2.70. The first-order valence-electron chi connectivity index (χ1n) is 6.40. The third-order valence-corrected chi connectivity index (χ3v) is 4.69. The van der Waals surface area contributed by atoms with Gasteiger partial charge >= 0.3 is 12.4 Å². The molecule has 112 valence electrons. The molecule has 0 saturated heterocycles. The van der Waals surface area contributed by atoms with Gasteiger partial charge in [0.1, 0.15) is 0 Å². The van der Waals surface area contributed by atoms with Crippen LogP contribution >= 0.6 is 0 Å². The normalized spacial score (nSPS) is 32.7. The smallest absolute Gasteiger partial charge is 0.374 e. The van der Waals surface area contributed by atoms with Gasteiger partial charge in [0.15, 0.2) is 0 Å². The molecule has 7 heteroatoms. The van der Waals surface area contributed by atoms with Crippen molar-refractivity contribution < 1.29 is 31.4 Å². The van der Waals surface area contributed by atoms with E-state index in [1.54, 1.807) is 0 Å². The van der Waals surface area contributed by atoms with Crippen molar-refractivity contribution >= 4 is 0 Å². The van der Waals surface area contributed by atoms with Crippen LogP contribution in [0.15, 0.2) is 0 Å². The molecule has 0 heterocycles. The summed E-state index contributed by atoms with van der Waals surface area (Å²) in [6, 6.07) is 0. The van der Waals surface area contributed by atoms with E-state index in [9.17, 15) is 31.4 Å². The maximum atomic E-state index is 12.6. The van der Waals surface area contributed by atoms with Crippen molar-refractivity contribution in [2.75, 3.05) is 0 Å². The number of fused-ring (bicyclic) bond motifs is 3. The van der Waals surface area contributed by atoms with E-state index in [2.05, 4.69) is 0 Å². The molecule has 1 atom stereocenters. The van der Waals surface area contributed by atoms with E-state index in [-0.39, 0.29) is 11.8 Å². The van der Waals surface area contributed by atoms with Crippen molar-refractivity contribution in [1.82, 2.24) is 0 Å². The second kappa shape index (κ2) is 4.53. The molecule has 0 aliphatic heterocycles. The summed E-state index contributed by atoms with van der Waals surface area (Å²) in [5.74, 6) is -0.567. The van der Waals surface area contributed by atoms with Gasteiger partial charge in [-0.2, -0.15) is 26.3 Å². The average molecular weight is 290 g/mol. The van der Waals surface area contributed by atoms with E-state index in [0.717, 1.165) is 12.8 Å². The predicted molar refractivity (Wildman–Crippen MR) is 55.2 cm³/mol. The van der Waals surface area contributed by atoms with E-state index >= 15 is 0 Å². The Morgan fingerprint density at radius 1 is 0.842 bits per heavy atom. The van der Waals surface area contributed by atoms with Crippen LogP contribution in [0.1, 0.15) is 38.5 Å². The highest BCUT2D eigenvalue weighted by atomic mass is 19.4. The molecule has 3 aliphatic carbocycles. The second-order valence-electron chi connectivity index (χ2n) is 5.84. The van der Waals surface area contributed by atoms with Crippen molar-refractivity contribution in [1.29, 1.82) is 0 Å². The molecule has 0 aromatic heterocycles. The van der Waals surface area contributed by atoms with E-state index in [0.29, 0.717) is 19.3 Å². The highest BCUT2D eigenvalue weighted by molar-refractivity contribution is 4.98. The molecule has 3 rings (SSSR count). The van der Waals surface area contributed by atoms with Gasteiger partial charge in [0.25, 0.3) is 5.60 Å². The Morgan fingerprint density at radius 2 is 1.32 bits per heavy atom. The number of hydrogen-bond donors (Lipinski definition) is 1. The summed E-state index contributed by atoms with van der Waals surface area (Å²) in [7, 11) is 0. The van der Waals surface area contributed by atoms with Crippen LogP contribution in [0.2, 0.25) is 0 Å². The lowest BCUT2D eigenvalue weighted by Crippen LogP contribution is -2.58. The van der Waals surface area contributed by atoms with Crippen molar-refractivity contribution in [2.45, 2.75) is 56.5 Å². The maximum absolute atomic E-state index is 12.6. The number of hydrogen-bond acceptors (Lipinski definition) is 1. The fourth-order valence-electron chi connectivity index (χ4n) is 3.54. The molecule has 19 heavy (non-hydrogen) atoms. The van der Waals surface area contributed by atoms with Crippen LogP contribution < -0.4 is 0 Å². The highest BCUT2D eigenvalue weighted by Crippen LogP contribution is 2.53. The SMILES string of the molecule is OC(CC1CC2CCC1CC2)(C(F)(F)F)C(F)(F)F. The Morgan fingerprint density at radius 3 is 1.63 bits per heavy atom. The third-order valence-electron chi connectivity index (χ3n) is 4.69. The van der Waals surface area contributed by atoms with Gasteiger partial charge < -0.3 is 5.11 Å². The molecule has 0 amide bonds. The van der Waals surface area contributed by atoms with Gasteiger partial charge in [-0.1, -0.05) is 12.8 Å². The monoisotopic (exact) mass is 290 g/mol. The van der Waals surface area contributed by atoms with Gasteiger partial charge in [0.2, 0.25) is 0 Å². The summed E-state index contributed by atoms with van der Waals surface area (Å²) in [6.45, 7) is 0. The zero-order chi connectivity index (χ0) is 14.5. The van der Waals surface area contributed by atoms with Crippen LogP contribution in [0.4, 0.5) is 26.3 Å². The fourth-order valence-corrected chi connectivity index (χ4v) is 3.54. The van der Waals surface area contributed by atoms with Gasteiger partial charge in [-0.15, -0.1) is 0 Å². The van der Waals surface area contributed by atoms with E-state index in [4.69, 9.17) is 0 Å². The zero-order valence-corrected chi connectivity index (χ0v) is 10.2. The first-order valence-corrected chi connectivity index (χ1v) is 6.40. The number of halogens is 6. The molecule has 3 fully saturated rings. The van der Waals surface area contributed by atoms with E-state index in [1.807, 2.05) is 0 Å². The standard InChI is InChI=1S/C12H16F6O/c13-11(14,15)10(19,12(16,17)18)6-9-5-7-1-3-8(9)4-2-7/h7-9,19H,1-6H2. The Labute approximate surface area is 107 Å². The van der Waals surface area contributed by atoms with Gasteiger partial charge in [0.05, 0.1) is 0 Å². The van der Waals surface area contributed by atoms with E-state index < -0.39 is 30.3 Å². The summed E-state index contributed by atoms with van der Waals surface area (Å²) in [5.41, 5.74) is -4.57. The summed E-state index contributed by atoms with van der Waals surface area (Å²) in [6.07, 6.45) is -9.10. The lowest BCUT2D eigenvalue weighted by atomic mass is 9.62. The minimum absolute atomic E-state index is 0.110. The lowest BCUT2D eigenvalue weighted by molar-refractivity contribution is -0.374. The maximum Gasteiger partial charge on any atom is 0.426 e. The first-order chi connectivity index (χ1) is 8.54. The van der Waals surface area contributed by atoms with Crippen LogP contribution in [0.5, 0.6) is 0 Å². The molecule has 3 aliphatic rings. The van der Waals surface area contributed by atoms with Crippen LogP contribution in [0.3, 0.4) is 0 Å². The molecule has 0 aromatic rings. The molecule has 3 saturated carbocycles. The van der Waals surface area contributed by atoms with Crippen LogP contribution in [0, 0.1) is 17.8 Å².